The number of likely N-dealkylation sites (N-methyl/N-ethyl adjacent to an activating group) is 1. The smallest absolute Gasteiger partial charge is 0.325 e. The molecular formula is C13H20N4O3S. The Kier molecular flexibility index (Phi) is 5.24. The first-order valence-corrected chi connectivity index (χ1v) is 7.73. The average Bonchev–Trinajstić information content (AvgIpc) is 2.82. The maximum atomic E-state index is 12.1. The average molecular weight is 312 g/mol. The molecule has 0 spiro atoms. The van der Waals surface area contributed by atoms with Crippen molar-refractivity contribution in [2.45, 2.75) is 19.1 Å². The number of fused-ring (bicyclic) bond motifs is 1. The van der Waals surface area contributed by atoms with Gasteiger partial charge in [0, 0.05) is 26.5 Å². The lowest BCUT2D eigenvalue weighted by Crippen LogP contribution is -2.63. The largest absolute Gasteiger partial charge is 0.383 e. The van der Waals surface area contributed by atoms with E-state index in [-0.39, 0.29) is 5.91 Å². The second kappa shape index (κ2) is 6.95. The number of rotatable bonds is 5. The summed E-state index contributed by atoms with van der Waals surface area (Å²) in [6, 6.07) is -0.882. The van der Waals surface area contributed by atoms with Crippen molar-refractivity contribution in [1.29, 1.82) is 0 Å². The van der Waals surface area contributed by atoms with Gasteiger partial charge in [-0.2, -0.15) is 0 Å². The monoisotopic (exact) mass is 312 g/mol. The zero-order valence-corrected chi connectivity index (χ0v) is 13.2. The molecule has 0 aromatic carbocycles. The normalized spacial score (nSPS) is 25.4. The second-order valence-corrected chi connectivity index (χ2v) is 5.73. The Morgan fingerprint density at radius 1 is 1.48 bits per heavy atom. The number of allylic oxidation sites excluding steroid dienone is 1. The van der Waals surface area contributed by atoms with Crippen LogP contribution in [0.2, 0.25) is 0 Å². The number of methoxy groups -OCH3 is 1. The van der Waals surface area contributed by atoms with Crippen LogP contribution in [0.4, 0.5) is 4.79 Å². The third kappa shape index (κ3) is 3.21. The molecule has 7 nitrogen and oxygen atoms in total. The highest BCUT2D eigenvalue weighted by molar-refractivity contribution is 8.13. The summed E-state index contributed by atoms with van der Waals surface area (Å²) in [5.74, 6) is 0.474. The van der Waals surface area contributed by atoms with E-state index in [1.165, 1.54) is 4.90 Å². The Balaban J connectivity index is 2.19. The third-order valence-electron chi connectivity index (χ3n) is 3.40. The molecule has 1 saturated heterocycles. The second-order valence-electron chi connectivity index (χ2n) is 4.74. The minimum Gasteiger partial charge on any atom is -0.383 e. The molecule has 8 heteroatoms. The fourth-order valence-electron chi connectivity index (χ4n) is 2.26. The van der Waals surface area contributed by atoms with Gasteiger partial charge in [-0.15, -0.1) is 0 Å². The van der Waals surface area contributed by atoms with Gasteiger partial charge in [0.25, 0.3) is 5.91 Å². The molecule has 1 fully saturated rings. The molecule has 0 aliphatic carbocycles. The number of ether oxygens (including phenoxy) is 1. The number of aliphatic imine (C=N–C) groups is 1. The first-order valence-electron chi connectivity index (χ1n) is 6.75. The molecule has 0 bridgehead atoms. The topological polar surface area (TPSA) is 74.2 Å². The van der Waals surface area contributed by atoms with Gasteiger partial charge in [0.2, 0.25) is 0 Å². The number of carbonyl (C=O) groups is 2. The van der Waals surface area contributed by atoms with Gasteiger partial charge in [-0.05, 0) is 6.92 Å². The van der Waals surface area contributed by atoms with E-state index < -0.39 is 18.2 Å². The van der Waals surface area contributed by atoms with E-state index in [4.69, 9.17) is 4.74 Å². The first kappa shape index (κ1) is 15.8. The van der Waals surface area contributed by atoms with Crippen molar-refractivity contribution in [2.24, 2.45) is 4.99 Å². The summed E-state index contributed by atoms with van der Waals surface area (Å²) >= 11 is 1.55. The first-order chi connectivity index (χ1) is 10.1. The molecule has 2 heterocycles. The summed E-state index contributed by atoms with van der Waals surface area (Å²) in [7, 11) is 3.27. The Labute approximate surface area is 128 Å². The highest BCUT2D eigenvalue weighted by Gasteiger charge is 2.48. The van der Waals surface area contributed by atoms with Crippen molar-refractivity contribution in [3.63, 3.8) is 0 Å². The number of nitrogens with zero attached hydrogens (tertiary/aromatic N) is 3. The number of amidine groups is 1. The van der Waals surface area contributed by atoms with E-state index in [9.17, 15) is 9.59 Å². The fraction of sp³-hybridized carbons (Fsp3) is 0.615. The molecule has 116 valence electrons. The van der Waals surface area contributed by atoms with Crippen molar-refractivity contribution < 1.29 is 14.3 Å². The van der Waals surface area contributed by atoms with Crippen LogP contribution in [0.5, 0.6) is 0 Å². The molecule has 0 aromatic heterocycles. The van der Waals surface area contributed by atoms with Crippen LogP contribution >= 0.6 is 11.8 Å². The van der Waals surface area contributed by atoms with Crippen LogP contribution in [0.1, 0.15) is 6.92 Å². The van der Waals surface area contributed by atoms with E-state index in [1.54, 1.807) is 25.9 Å². The minimum atomic E-state index is -0.476. The van der Waals surface area contributed by atoms with Gasteiger partial charge in [0.1, 0.15) is 0 Å². The highest BCUT2D eigenvalue weighted by atomic mass is 32.2. The van der Waals surface area contributed by atoms with Crippen LogP contribution < -0.4 is 5.32 Å². The third-order valence-corrected chi connectivity index (χ3v) is 4.36. The molecule has 1 N–H and O–H groups in total. The van der Waals surface area contributed by atoms with Crippen LogP contribution in [-0.4, -0.2) is 72.2 Å². The van der Waals surface area contributed by atoms with Gasteiger partial charge < -0.3 is 14.5 Å². The minimum absolute atomic E-state index is 0.301. The van der Waals surface area contributed by atoms with Crippen LogP contribution in [-0.2, 0) is 9.53 Å². The number of hydrogen-bond acceptors (Lipinski definition) is 6. The van der Waals surface area contributed by atoms with E-state index in [1.807, 2.05) is 24.0 Å². The van der Waals surface area contributed by atoms with Gasteiger partial charge in [-0.1, -0.05) is 23.9 Å². The predicted molar refractivity (Wildman–Crippen MR) is 82.2 cm³/mol. The van der Waals surface area contributed by atoms with Crippen molar-refractivity contribution in [1.82, 2.24) is 15.1 Å². The summed E-state index contributed by atoms with van der Waals surface area (Å²) in [5.41, 5.74) is 0. The van der Waals surface area contributed by atoms with E-state index in [2.05, 4.69) is 10.3 Å². The van der Waals surface area contributed by atoms with Gasteiger partial charge in [0.15, 0.2) is 17.4 Å². The number of hydrogen-bond donors (Lipinski definition) is 1. The molecule has 2 aliphatic rings. The van der Waals surface area contributed by atoms with E-state index in [0.29, 0.717) is 13.2 Å². The summed E-state index contributed by atoms with van der Waals surface area (Å²) in [4.78, 5) is 31.8. The molecule has 0 saturated carbocycles. The van der Waals surface area contributed by atoms with Crippen molar-refractivity contribution >= 4 is 28.9 Å². The van der Waals surface area contributed by atoms with Crippen molar-refractivity contribution in [3.8, 4) is 0 Å². The maximum absolute atomic E-state index is 12.1. The zero-order valence-electron chi connectivity index (χ0n) is 12.4. The molecular weight excluding hydrogens is 292 g/mol. The van der Waals surface area contributed by atoms with E-state index in [0.717, 1.165) is 10.9 Å². The van der Waals surface area contributed by atoms with E-state index >= 15 is 0 Å². The lowest BCUT2D eigenvalue weighted by molar-refractivity contribution is -0.127. The summed E-state index contributed by atoms with van der Waals surface area (Å²) < 4.78 is 5.11. The standard InChI is InChI=1S/C13H20N4O3S/c1-4-5-8-21-13-14-10-9(17(13)6-7-20-3)11(18)15-12(19)16(10)2/h4-5,9-10H,6-8H2,1-3H3,(H,15,18,19)/b5-4+. The Morgan fingerprint density at radius 3 is 2.90 bits per heavy atom. The molecule has 2 atom stereocenters. The quantitative estimate of drug-likeness (QED) is 0.748. The van der Waals surface area contributed by atoms with Crippen LogP contribution in [0.25, 0.3) is 0 Å². The molecule has 2 unspecified atom stereocenters. The SMILES string of the molecule is C/C=C/CSC1=NC2C(C(=O)NC(=O)N2C)N1CCOC. The van der Waals surface area contributed by atoms with Gasteiger partial charge in [0.05, 0.1) is 6.61 Å². The van der Waals surface area contributed by atoms with Crippen LogP contribution in [0.3, 0.4) is 0 Å². The number of thioether (sulfide) groups is 1. The van der Waals surface area contributed by atoms with Gasteiger partial charge >= 0.3 is 6.03 Å². The zero-order chi connectivity index (χ0) is 15.4. The lowest BCUT2D eigenvalue weighted by Gasteiger charge is -2.36. The number of urea groups is 1. The molecule has 21 heavy (non-hydrogen) atoms. The molecule has 2 rings (SSSR count). The fourth-order valence-corrected chi connectivity index (χ4v) is 3.26. The Hall–Kier alpha value is -1.54. The number of amides is 3. The summed E-state index contributed by atoms with van der Waals surface area (Å²) in [5, 5.41) is 3.14. The highest BCUT2D eigenvalue weighted by Crippen LogP contribution is 2.28. The molecule has 2 aliphatic heterocycles. The number of imide groups is 1. The summed E-state index contributed by atoms with van der Waals surface area (Å²) in [6.07, 6.45) is 3.53. The van der Waals surface area contributed by atoms with Crippen LogP contribution in [0, 0.1) is 0 Å². The van der Waals surface area contributed by atoms with Crippen molar-refractivity contribution in [3.05, 3.63) is 12.2 Å². The van der Waals surface area contributed by atoms with Crippen molar-refractivity contribution in [2.75, 3.05) is 33.1 Å². The summed E-state index contributed by atoms with van der Waals surface area (Å²) in [6.45, 7) is 3.02. The molecule has 0 aromatic rings. The van der Waals surface area contributed by atoms with Crippen LogP contribution in [0.15, 0.2) is 17.1 Å². The van der Waals surface area contributed by atoms with Gasteiger partial charge in [-0.3, -0.25) is 10.1 Å². The Morgan fingerprint density at radius 2 is 2.24 bits per heavy atom. The predicted octanol–water partition coefficient (Wildman–Crippen LogP) is 0.490. The van der Waals surface area contributed by atoms with Gasteiger partial charge in [-0.25, -0.2) is 9.79 Å². The number of carbonyl (C=O) groups excluding carboxylic acids is 2. The maximum Gasteiger partial charge on any atom is 0.325 e. The lowest BCUT2D eigenvalue weighted by atomic mass is 10.1. The molecule has 0 radical (unpaired) electrons. The number of nitrogens with one attached hydrogen (secondary N) is 1. The molecule has 3 amide bonds. The Bertz CT molecular complexity index is 480.